The number of carbonyl (C=O) groups is 3. The lowest BCUT2D eigenvalue weighted by Crippen LogP contribution is -2.58. The van der Waals surface area contributed by atoms with E-state index in [0.717, 1.165) is 12.8 Å². The molecule has 4 aliphatic carbocycles. The average Bonchev–Trinajstić information content (AvgIpc) is 3.04. The Bertz CT molecular complexity index is 942. The molecular formula is C28H39FO6. The van der Waals surface area contributed by atoms with Crippen molar-refractivity contribution in [3.05, 3.63) is 23.8 Å². The van der Waals surface area contributed by atoms with Crippen LogP contribution in [0.5, 0.6) is 0 Å². The fraction of sp³-hybridized carbons (Fsp3) is 0.750. The van der Waals surface area contributed by atoms with Gasteiger partial charge in [0.1, 0.15) is 6.17 Å². The molecule has 3 fully saturated rings. The number of carbonyl (C=O) groups excluding carboxylic acids is 3. The zero-order valence-electron chi connectivity index (χ0n) is 21.2. The number of rotatable bonds is 7. The number of ketones is 2. The molecule has 0 bridgehead atoms. The highest BCUT2D eigenvalue weighted by Gasteiger charge is 2.66. The molecule has 0 saturated heterocycles. The van der Waals surface area contributed by atoms with Crippen LogP contribution in [0.4, 0.5) is 4.39 Å². The van der Waals surface area contributed by atoms with Crippen molar-refractivity contribution in [2.24, 2.45) is 40.4 Å². The van der Waals surface area contributed by atoms with Crippen LogP contribution in [0.3, 0.4) is 0 Å². The molecule has 0 aromatic rings. The van der Waals surface area contributed by atoms with E-state index >= 15 is 4.39 Å². The number of halogens is 1. The van der Waals surface area contributed by atoms with E-state index in [1.165, 1.54) is 12.2 Å². The van der Waals surface area contributed by atoms with Gasteiger partial charge in [-0.1, -0.05) is 46.6 Å². The summed E-state index contributed by atoms with van der Waals surface area (Å²) in [6, 6.07) is 0. The summed E-state index contributed by atoms with van der Waals surface area (Å²) in [5.41, 5.74) is -0.966. The molecule has 1 unspecified atom stereocenters. The highest BCUT2D eigenvalue weighted by Crippen LogP contribution is 2.67. The number of ether oxygens (including phenoxy) is 1. The molecular weight excluding hydrogens is 451 g/mol. The van der Waals surface area contributed by atoms with E-state index in [1.807, 2.05) is 27.7 Å². The molecule has 35 heavy (non-hydrogen) atoms. The number of aliphatic hydroxyl groups excluding tert-OH is 2. The summed E-state index contributed by atoms with van der Waals surface area (Å²) in [7, 11) is 0. The first-order valence-electron chi connectivity index (χ1n) is 13.1. The Morgan fingerprint density at radius 1 is 1.26 bits per heavy atom. The van der Waals surface area contributed by atoms with Gasteiger partial charge in [0.05, 0.1) is 6.10 Å². The number of allylic oxidation sites excluding steroid dienone is 4. The van der Waals surface area contributed by atoms with E-state index in [-0.39, 0.29) is 42.3 Å². The minimum absolute atomic E-state index is 0.0324. The predicted octanol–water partition coefficient (Wildman–Crippen LogP) is 4.09. The van der Waals surface area contributed by atoms with Gasteiger partial charge in [-0.05, 0) is 66.6 Å². The van der Waals surface area contributed by atoms with Crippen molar-refractivity contribution in [3.8, 4) is 0 Å². The van der Waals surface area contributed by atoms with E-state index in [0.29, 0.717) is 24.8 Å². The highest BCUT2D eigenvalue weighted by molar-refractivity contribution is 6.01. The third-order valence-corrected chi connectivity index (χ3v) is 9.59. The summed E-state index contributed by atoms with van der Waals surface area (Å²) in [4.78, 5) is 37.5. The van der Waals surface area contributed by atoms with Crippen LogP contribution in [0.15, 0.2) is 23.8 Å². The van der Waals surface area contributed by atoms with Crippen LogP contribution in [-0.4, -0.2) is 46.3 Å². The average molecular weight is 491 g/mol. The minimum Gasteiger partial charge on any atom is -0.428 e. The van der Waals surface area contributed by atoms with Crippen LogP contribution in [-0.2, 0) is 19.1 Å². The molecule has 3 saturated carbocycles. The molecule has 0 aromatic heterocycles. The molecule has 0 aliphatic heterocycles. The lowest BCUT2D eigenvalue weighted by Gasteiger charge is -2.59. The second kappa shape index (κ2) is 9.55. The lowest BCUT2D eigenvalue weighted by atomic mass is 9.46. The number of hydrogen-bond donors (Lipinski definition) is 2. The largest absolute Gasteiger partial charge is 0.428 e. The predicted molar refractivity (Wildman–Crippen MR) is 128 cm³/mol. The summed E-state index contributed by atoms with van der Waals surface area (Å²) >= 11 is 0. The first-order valence-corrected chi connectivity index (χ1v) is 13.1. The summed E-state index contributed by atoms with van der Waals surface area (Å²) in [5.74, 6) is -2.52. The Balaban J connectivity index is 1.57. The van der Waals surface area contributed by atoms with E-state index < -0.39 is 47.1 Å². The van der Waals surface area contributed by atoms with Crippen molar-refractivity contribution in [1.29, 1.82) is 0 Å². The fourth-order valence-electron chi connectivity index (χ4n) is 8.22. The van der Waals surface area contributed by atoms with Gasteiger partial charge in [-0.3, -0.25) is 14.4 Å². The normalized spacial score (nSPS) is 43.0. The minimum atomic E-state index is -1.83. The lowest BCUT2D eigenvalue weighted by molar-refractivity contribution is -0.183. The van der Waals surface area contributed by atoms with Gasteiger partial charge in [-0.15, -0.1) is 0 Å². The molecule has 0 heterocycles. The summed E-state index contributed by atoms with van der Waals surface area (Å²) in [6.07, 6.45) is 4.50. The van der Waals surface area contributed by atoms with Crippen molar-refractivity contribution in [1.82, 2.24) is 0 Å². The molecule has 194 valence electrons. The molecule has 2 N–H and O–H groups in total. The number of aliphatic hydroxyl groups is 2. The second-order valence-corrected chi connectivity index (χ2v) is 11.8. The third-order valence-electron chi connectivity index (χ3n) is 9.59. The van der Waals surface area contributed by atoms with Gasteiger partial charge in [-0.25, -0.2) is 4.39 Å². The van der Waals surface area contributed by atoms with E-state index in [9.17, 15) is 24.6 Å². The van der Waals surface area contributed by atoms with Crippen molar-refractivity contribution < 1.29 is 33.7 Å². The molecule has 0 amide bonds. The van der Waals surface area contributed by atoms with Gasteiger partial charge < -0.3 is 14.9 Å². The summed E-state index contributed by atoms with van der Waals surface area (Å²) in [6.45, 7) is 7.83. The van der Waals surface area contributed by atoms with Gasteiger partial charge in [-0.2, -0.15) is 0 Å². The Hall–Kier alpha value is -1.86. The SMILES string of the molecule is CCCCCC(=O)OC(O)C(=O)[C@H]1[C@H](C)C[C@H]2[C@@H]3C[C@H](F)C4=CC(=O)C=C[C@]4(C)[C@H]3[C@@H](O)C[C@@]21C. The third kappa shape index (κ3) is 4.33. The zero-order valence-corrected chi connectivity index (χ0v) is 21.2. The first kappa shape index (κ1) is 26.2. The van der Waals surface area contributed by atoms with E-state index in [2.05, 4.69) is 0 Å². The van der Waals surface area contributed by atoms with Crippen molar-refractivity contribution in [2.75, 3.05) is 0 Å². The Morgan fingerprint density at radius 3 is 2.66 bits per heavy atom. The fourth-order valence-corrected chi connectivity index (χ4v) is 8.22. The van der Waals surface area contributed by atoms with Gasteiger partial charge in [0, 0.05) is 23.7 Å². The quantitative estimate of drug-likeness (QED) is 0.317. The number of unbranched alkanes of at least 4 members (excludes halogenated alkanes) is 2. The maximum Gasteiger partial charge on any atom is 0.308 e. The molecule has 0 aromatic carbocycles. The monoisotopic (exact) mass is 490 g/mol. The van der Waals surface area contributed by atoms with Gasteiger partial charge in [0.2, 0.25) is 5.78 Å². The van der Waals surface area contributed by atoms with Crippen LogP contribution in [0, 0.1) is 40.4 Å². The number of esters is 1. The van der Waals surface area contributed by atoms with E-state index in [4.69, 9.17) is 4.74 Å². The van der Waals surface area contributed by atoms with Gasteiger partial charge in [0.25, 0.3) is 6.29 Å². The summed E-state index contributed by atoms with van der Waals surface area (Å²) in [5, 5.41) is 22.0. The number of alkyl halides is 1. The number of fused-ring (bicyclic) bond motifs is 5. The van der Waals surface area contributed by atoms with Crippen LogP contribution < -0.4 is 0 Å². The standard InChI is InChI=1S/C28H39FO6/c1-5-6-7-8-22(32)35-26(34)25(33)23-15(2)11-18-17-13-20(29)19-12-16(30)9-10-27(19,3)24(17)21(31)14-28(18,23)4/h9-10,12,15,17-18,20-21,23-24,26,31,34H,5-8,11,13-14H2,1-4H3/t15-,17+,18+,20+,21+,23-,24-,26?,27+,28+/m1/s1. The molecule has 0 radical (unpaired) electrons. The van der Waals surface area contributed by atoms with Crippen LogP contribution in [0.1, 0.15) is 72.6 Å². The Labute approximate surface area is 207 Å². The molecule has 4 aliphatic rings. The number of hydrogen-bond acceptors (Lipinski definition) is 6. The molecule has 6 nitrogen and oxygen atoms in total. The Morgan fingerprint density at radius 2 is 1.97 bits per heavy atom. The molecule has 10 atom stereocenters. The number of Topliss-reactive ketones (excluding diaryl/α,β-unsaturated/α-hetero) is 1. The van der Waals surface area contributed by atoms with Crippen molar-refractivity contribution in [3.63, 3.8) is 0 Å². The maximum atomic E-state index is 15.5. The Kier molecular flexibility index (Phi) is 7.15. The van der Waals surface area contributed by atoms with Crippen LogP contribution in [0.25, 0.3) is 0 Å². The first-order chi connectivity index (χ1) is 16.4. The smallest absolute Gasteiger partial charge is 0.308 e. The second-order valence-electron chi connectivity index (χ2n) is 11.8. The van der Waals surface area contributed by atoms with Gasteiger partial charge in [0.15, 0.2) is 5.78 Å². The molecule has 0 spiro atoms. The zero-order chi connectivity index (χ0) is 25.7. The maximum absolute atomic E-state index is 15.5. The van der Waals surface area contributed by atoms with E-state index in [1.54, 1.807) is 6.08 Å². The van der Waals surface area contributed by atoms with Crippen LogP contribution in [0.2, 0.25) is 0 Å². The highest BCUT2D eigenvalue weighted by atomic mass is 19.1. The molecule has 4 rings (SSSR count). The topological polar surface area (TPSA) is 101 Å². The van der Waals surface area contributed by atoms with Crippen molar-refractivity contribution in [2.45, 2.75) is 91.2 Å². The van der Waals surface area contributed by atoms with Crippen molar-refractivity contribution >= 4 is 17.5 Å². The van der Waals surface area contributed by atoms with Gasteiger partial charge >= 0.3 is 5.97 Å². The summed E-state index contributed by atoms with van der Waals surface area (Å²) < 4.78 is 20.6. The molecule has 7 heteroatoms. The van der Waals surface area contributed by atoms with Crippen LogP contribution >= 0.6 is 0 Å².